The molecule has 0 unspecified atom stereocenters. The smallest absolute Gasteiger partial charge is 0.279 e. The maximum atomic E-state index is 11.8. The van der Waals surface area contributed by atoms with Gasteiger partial charge in [-0.2, -0.15) is 17.4 Å². The van der Waals surface area contributed by atoms with E-state index in [1.165, 1.54) is 4.31 Å². The van der Waals surface area contributed by atoms with Crippen LogP contribution in [0.15, 0.2) is 0 Å². The summed E-state index contributed by atoms with van der Waals surface area (Å²) in [7, 11) is -3.35. The van der Waals surface area contributed by atoms with Crippen LogP contribution in [0.25, 0.3) is 0 Å². The molecule has 1 rings (SSSR count). The van der Waals surface area contributed by atoms with Gasteiger partial charge in [-0.3, -0.25) is 0 Å². The maximum Gasteiger partial charge on any atom is 0.279 e. The second-order valence-corrected chi connectivity index (χ2v) is 6.43. The average molecular weight is 221 g/mol. The molecule has 84 valence electrons. The Bertz CT molecular complexity index is 294. The van der Waals surface area contributed by atoms with Crippen molar-refractivity contribution in [3.8, 4) is 0 Å². The Hall–Kier alpha value is -0.170. The zero-order valence-corrected chi connectivity index (χ0v) is 9.76. The van der Waals surface area contributed by atoms with Gasteiger partial charge < -0.3 is 5.73 Å². The average Bonchev–Trinajstić information content (AvgIpc) is 2.29. The van der Waals surface area contributed by atoms with Crippen LogP contribution in [-0.2, 0) is 10.2 Å². The molecule has 0 aromatic rings. The molecule has 0 radical (unpaired) electrons. The topological polar surface area (TPSA) is 75.4 Å². The number of rotatable bonds is 2. The number of hydrogen-bond donors (Lipinski definition) is 2. The minimum Gasteiger partial charge on any atom is -0.326 e. The minimum absolute atomic E-state index is 0.0217. The summed E-state index contributed by atoms with van der Waals surface area (Å²) in [6.07, 6.45) is 0.741. The summed E-state index contributed by atoms with van der Waals surface area (Å²) in [5, 5.41) is 0. The molecule has 0 aromatic heterocycles. The van der Waals surface area contributed by atoms with Gasteiger partial charge in [-0.15, -0.1) is 0 Å². The molecule has 1 saturated heterocycles. The van der Waals surface area contributed by atoms with Crippen LogP contribution in [0.2, 0.25) is 0 Å². The normalized spacial score (nSPS) is 25.6. The molecule has 6 heteroatoms. The van der Waals surface area contributed by atoms with Gasteiger partial charge in [0.1, 0.15) is 0 Å². The van der Waals surface area contributed by atoms with Crippen molar-refractivity contribution in [3.63, 3.8) is 0 Å². The Morgan fingerprint density at radius 1 is 1.43 bits per heavy atom. The molecule has 1 aliphatic heterocycles. The summed E-state index contributed by atoms with van der Waals surface area (Å²) in [5.74, 6) is 0. The Morgan fingerprint density at radius 3 is 2.36 bits per heavy atom. The highest BCUT2D eigenvalue weighted by Gasteiger charge is 2.31. The zero-order valence-electron chi connectivity index (χ0n) is 8.95. The predicted octanol–water partition coefficient (Wildman–Crippen LogP) is -0.348. The molecule has 14 heavy (non-hydrogen) atoms. The van der Waals surface area contributed by atoms with Crippen LogP contribution in [0.4, 0.5) is 0 Å². The molecule has 1 aliphatic rings. The summed E-state index contributed by atoms with van der Waals surface area (Å²) in [4.78, 5) is 0. The second kappa shape index (κ2) is 3.77. The van der Waals surface area contributed by atoms with E-state index in [1.54, 1.807) is 0 Å². The highest BCUT2D eigenvalue weighted by atomic mass is 32.2. The van der Waals surface area contributed by atoms with E-state index < -0.39 is 15.7 Å². The third-order valence-corrected chi connectivity index (χ3v) is 3.84. The van der Waals surface area contributed by atoms with E-state index in [-0.39, 0.29) is 6.04 Å². The second-order valence-electron chi connectivity index (χ2n) is 4.76. The number of nitrogens with two attached hydrogens (primary N) is 1. The Labute approximate surface area is 85.8 Å². The molecule has 0 bridgehead atoms. The van der Waals surface area contributed by atoms with Crippen molar-refractivity contribution in [1.29, 1.82) is 0 Å². The van der Waals surface area contributed by atoms with Crippen LogP contribution in [0.3, 0.4) is 0 Å². The lowest BCUT2D eigenvalue weighted by Crippen LogP contribution is -2.48. The van der Waals surface area contributed by atoms with Crippen molar-refractivity contribution in [1.82, 2.24) is 9.03 Å². The maximum absolute atomic E-state index is 11.8. The third kappa shape index (κ3) is 3.20. The van der Waals surface area contributed by atoms with Crippen LogP contribution >= 0.6 is 0 Å². The van der Waals surface area contributed by atoms with Crippen LogP contribution in [-0.4, -0.2) is 37.4 Å². The lowest BCUT2D eigenvalue weighted by atomic mass is 10.1. The molecule has 0 aromatic carbocycles. The summed E-state index contributed by atoms with van der Waals surface area (Å²) < 4.78 is 27.5. The van der Waals surface area contributed by atoms with Crippen molar-refractivity contribution in [2.24, 2.45) is 5.73 Å². The molecule has 0 aliphatic carbocycles. The summed E-state index contributed by atoms with van der Waals surface area (Å²) in [5.41, 5.74) is 5.21. The lowest BCUT2D eigenvalue weighted by Gasteiger charge is -2.24. The molecule has 0 amide bonds. The van der Waals surface area contributed by atoms with Crippen molar-refractivity contribution >= 4 is 10.2 Å². The van der Waals surface area contributed by atoms with Crippen LogP contribution in [0.1, 0.15) is 27.2 Å². The van der Waals surface area contributed by atoms with Gasteiger partial charge in [-0.05, 0) is 27.2 Å². The zero-order chi connectivity index (χ0) is 11.0. The quantitative estimate of drug-likeness (QED) is 0.669. The third-order valence-electron chi connectivity index (χ3n) is 1.96. The van der Waals surface area contributed by atoms with E-state index in [2.05, 4.69) is 4.72 Å². The first-order valence-corrected chi connectivity index (χ1v) is 6.19. The molecule has 1 heterocycles. The Kier molecular flexibility index (Phi) is 3.20. The largest absolute Gasteiger partial charge is 0.326 e. The molecule has 3 N–H and O–H groups in total. The standard InChI is InChI=1S/C8H19N3O2S/c1-8(2,3)10-14(12,13)11-5-4-7(9)6-11/h7,10H,4-6,9H2,1-3H3/t7-/m0/s1. The molecule has 1 atom stereocenters. The van der Waals surface area contributed by atoms with Crippen LogP contribution in [0.5, 0.6) is 0 Å². The first-order valence-electron chi connectivity index (χ1n) is 4.75. The fraction of sp³-hybridized carbons (Fsp3) is 1.00. The van der Waals surface area contributed by atoms with Gasteiger partial charge in [0, 0.05) is 24.7 Å². The van der Waals surface area contributed by atoms with Crippen molar-refractivity contribution < 1.29 is 8.42 Å². The van der Waals surface area contributed by atoms with Gasteiger partial charge >= 0.3 is 0 Å². The van der Waals surface area contributed by atoms with Crippen molar-refractivity contribution in [2.45, 2.75) is 38.8 Å². The summed E-state index contributed by atoms with van der Waals surface area (Å²) in [6.45, 7) is 6.40. The fourth-order valence-electron chi connectivity index (χ4n) is 1.42. The highest BCUT2D eigenvalue weighted by molar-refractivity contribution is 7.87. The Morgan fingerprint density at radius 2 is 2.00 bits per heavy atom. The molecule has 1 fully saturated rings. The lowest BCUT2D eigenvalue weighted by molar-refractivity contribution is 0.424. The van der Waals surface area contributed by atoms with Gasteiger partial charge in [0.2, 0.25) is 0 Å². The van der Waals surface area contributed by atoms with Crippen LogP contribution < -0.4 is 10.5 Å². The molecule has 0 saturated carbocycles. The molecular weight excluding hydrogens is 202 g/mol. The van der Waals surface area contributed by atoms with E-state index in [0.717, 1.165) is 6.42 Å². The van der Waals surface area contributed by atoms with E-state index >= 15 is 0 Å². The SMILES string of the molecule is CC(C)(C)NS(=O)(=O)N1CC[C@H](N)C1. The fourth-order valence-corrected chi connectivity index (χ4v) is 3.06. The van der Waals surface area contributed by atoms with Crippen LogP contribution in [0, 0.1) is 0 Å². The number of hydrogen-bond acceptors (Lipinski definition) is 3. The number of nitrogens with zero attached hydrogens (tertiary/aromatic N) is 1. The van der Waals surface area contributed by atoms with Gasteiger partial charge in [0.15, 0.2) is 0 Å². The highest BCUT2D eigenvalue weighted by Crippen LogP contribution is 2.13. The first kappa shape index (κ1) is 11.9. The van der Waals surface area contributed by atoms with E-state index in [0.29, 0.717) is 13.1 Å². The van der Waals surface area contributed by atoms with Crippen molar-refractivity contribution in [2.75, 3.05) is 13.1 Å². The first-order chi connectivity index (χ1) is 6.21. The summed E-state index contributed by atoms with van der Waals surface area (Å²) in [6, 6.07) is -0.0217. The van der Waals surface area contributed by atoms with Gasteiger partial charge in [-0.25, -0.2) is 0 Å². The van der Waals surface area contributed by atoms with Gasteiger partial charge in [0.05, 0.1) is 0 Å². The molecule has 5 nitrogen and oxygen atoms in total. The minimum atomic E-state index is -3.35. The molecule has 0 spiro atoms. The van der Waals surface area contributed by atoms with E-state index in [1.807, 2.05) is 20.8 Å². The van der Waals surface area contributed by atoms with Gasteiger partial charge in [0.25, 0.3) is 10.2 Å². The van der Waals surface area contributed by atoms with Gasteiger partial charge in [-0.1, -0.05) is 0 Å². The Balaban J connectivity index is 2.67. The van der Waals surface area contributed by atoms with E-state index in [4.69, 9.17) is 5.73 Å². The van der Waals surface area contributed by atoms with Crippen molar-refractivity contribution in [3.05, 3.63) is 0 Å². The number of nitrogens with one attached hydrogen (secondary N) is 1. The summed E-state index contributed by atoms with van der Waals surface area (Å²) >= 11 is 0. The monoisotopic (exact) mass is 221 g/mol. The van der Waals surface area contributed by atoms with E-state index in [9.17, 15) is 8.42 Å². The predicted molar refractivity (Wildman–Crippen MR) is 56.0 cm³/mol. The molecular formula is C8H19N3O2S.